The molecule has 0 radical (unpaired) electrons. The summed E-state index contributed by atoms with van der Waals surface area (Å²) >= 11 is 0. The van der Waals surface area contributed by atoms with E-state index < -0.39 is 0 Å². The summed E-state index contributed by atoms with van der Waals surface area (Å²) in [5.41, 5.74) is 5.29. The summed E-state index contributed by atoms with van der Waals surface area (Å²) in [5, 5.41) is 0. The monoisotopic (exact) mass is 213 g/mol. The average molecular weight is 212 g/mol. The molecule has 2 heteroatoms. The molecule has 0 amide bonds. The Morgan fingerprint density at radius 3 is 2.00 bits per heavy atom. The van der Waals surface area contributed by atoms with Gasteiger partial charge in [-0.1, -0.05) is 6.92 Å². The van der Waals surface area contributed by atoms with Crippen LogP contribution in [0.25, 0.3) is 0 Å². The molecule has 0 aromatic heterocycles. The van der Waals surface area contributed by atoms with Crippen LogP contribution in [0.5, 0.6) is 0 Å². The third kappa shape index (κ3) is 9.11. The Morgan fingerprint density at radius 2 is 2.00 bits per heavy atom. The van der Waals surface area contributed by atoms with Crippen LogP contribution in [0.2, 0.25) is 0 Å². The van der Waals surface area contributed by atoms with Crippen LogP contribution < -0.4 is 5.73 Å². The van der Waals surface area contributed by atoms with E-state index in [1.807, 2.05) is 6.92 Å². The van der Waals surface area contributed by atoms with E-state index >= 15 is 0 Å². The van der Waals surface area contributed by atoms with E-state index in [2.05, 4.69) is 6.92 Å². The summed E-state index contributed by atoms with van der Waals surface area (Å²) < 4.78 is 0. The van der Waals surface area contributed by atoms with Gasteiger partial charge in [0, 0.05) is 6.04 Å². The maximum atomic E-state index is 5.29. The molecule has 0 aromatic rings. The Labute approximate surface area is 82.7 Å². The van der Waals surface area contributed by atoms with Gasteiger partial charge in [0.1, 0.15) is 0 Å². The molecule has 0 fully saturated rings. The molecule has 0 saturated heterocycles. The van der Waals surface area contributed by atoms with Crippen molar-refractivity contribution in [3.63, 3.8) is 0 Å². The molecule has 0 bridgehead atoms. The standard InChI is InChI=1S/C4H11N.Ba.2H/c1-3-4(2)5;;;/h4H,3,5H2,1-2H3;;;/q;+2;2*-1. The largest absolute Gasteiger partial charge is 2.00 e. The van der Waals surface area contributed by atoms with Crippen LogP contribution in [-0.4, -0.2) is 54.9 Å². The average Bonchev–Trinajstić information content (AvgIpc) is 1.38. The third-order valence-electron chi connectivity index (χ3n) is 0.644. The Hall–Kier alpha value is 1.53. The Balaban J connectivity index is -0.0000000267. The Bertz CT molecular complexity index is 28.0. The SMILES string of the molecule is CCC(C)N.[Ba+2].[H-].[H-]. The van der Waals surface area contributed by atoms with Crippen molar-refractivity contribution in [3.8, 4) is 0 Å². The number of rotatable bonds is 1. The summed E-state index contributed by atoms with van der Waals surface area (Å²) in [6.45, 7) is 4.07. The van der Waals surface area contributed by atoms with Gasteiger partial charge in [-0.2, -0.15) is 0 Å². The van der Waals surface area contributed by atoms with E-state index in [4.69, 9.17) is 5.73 Å². The molecule has 0 aromatic carbocycles. The minimum absolute atomic E-state index is 0. The third-order valence-corrected chi connectivity index (χ3v) is 0.644. The molecule has 2 N–H and O–H groups in total. The van der Waals surface area contributed by atoms with Crippen LogP contribution in [-0.2, 0) is 0 Å². The predicted molar refractivity (Wildman–Crippen MR) is 31.9 cm³/mol. The number of nitrogens with two attached hydrogens (primary N) is 1. The van der Waals surface area contributed by atoms with Crippen molar-refractivity contribution in [2.45, 2.75) is 26.3 Å². The molecule has 1 unspecified atom stereocenters. The summed E-state index contributed by atoms with van der Waals surface area (Å²) in [6.07, 6.45) is 1.08. The second kappa shape index (κ2) is 6.53. The summed E-state index contributed by atoms with van der Waals surface area (Å²) in [7, 11) is 0. The second-order valence-corrected chi connectivity index (χ2v) is 1.39. The fourth-order valence-corrected chi connectivity index (χ4v) is 0. The van der Waals surface area contributed by atoms with Crippen molar-refractivity contribution in [2.75, 3.05) is 0 Å². The fraction of sp³-hybridized carbons (Fsp3) is 1.00. The topological polar surface area (TPSA) is 26.0 Å². The van der Waals surface area contributed by atoms with E-state index in [9.17, 15) is 0 Å². The van der Waals surface area contributed by atoms with Gasteiger partial charge in [0.05, 0.1) is 0 Å². The van der Waals surface area contributed by atoms with Crippen molar-refractivity contribution in [1.29, 1.82) is 0 Å². The molecule has 0 saturated carbocycles. The van der Waals surface area contributed by atoms with Crippen molar-refractivity contribution in [1.82, 2.24) is 0 Å². The van der Waals surface area contributed by atoms with Gasteiger partial charge in [-0.3, -0.25) is 0 Å². The minimum atomic E-state index is 0. The van der Waals surface area contributed by atoms with Crippen LogP contribution in [0.4, 0.5) is 0 Å². The van der Waals surface area contributed by atoms with Crippen LogP contribution in [0.1, 0.15) is 23.1 Å². The second-order valence-electron chi connectivity index (χ2n) is 1.39. The van der Waals surface area contributed by atoms with E-state index in [0.29, 0.717) is 6.04 Å². The van der Waals surface area contributed by atoms with Crippen molar-refractivity contribution in [2.24, 2.45) is 5.73 Å². The quantitative estimate of drug-likeness (QED) is 0.633. The number of hydrogen-bond acceptors (Lipinski definition) is 1. The zero-order valence-electron chi connectivity index (χ0n) is 6.57. The molecule has 0 aliphatic rings. The van der Waals surface area contributed by atoms with Gasteiger partial charge in [-0.15, -0.1) is 0 Å². The van der Waals surface area contributed by atoms with Crippen molar-refractivity contribution in [3.05, 3.63) is 0 Å². The summed E-state index contributed by atoms with van der Waals surface area (Å²) in [5.74, 6) is 0. The zero-order chi connectivity index (χ0) is 4.28. The van der Waals surface area contributed by atoms with Crippen LogP contribution >= 0.6 is 0 Å². The molecule has 1 atom stereocenters. The molecule has 0 aliphatic carbocycles. The van der Waals surface area contributed by atoms with Gasteiger partial charge >= 0.3 is 48.9 Å². The molecule has 6 heavy (non-hydrogen) atoms. The van der Waals surface area contributed by atoms with Crippen LogP contribution in [0.3, 0.4) is 0 Å². The van der Waals surface area contributed by atoms with Gasteiger partial charge in [0.2, 0.25) is 0 Å². The van der Waals surface area contributed by atoms with E-state index in [0.717, 1.165) is 6.42 Å². The first-order valence-electron chi connectivity index (χ1n) is 2.03. The van der Waals surface area contributed by atoms with Crippen LogP contribution in [0, 0.1) is 0 Å². The van der Waals surface area contributed by atoms with Gasteiger partial charge in [-0.05, 0) is 13.3 Å². The first-order chi connectivity index (χ1) is 2.27. The molecule has 0 aliphatic heterocycles. The number of hydrogen-bond donors (Lipinski definition) is 1. The maximum absolute atomic E-state index is 5.29. The zero-order valence-corrected chi connectivity index (χ0v) is 9.01. The van der Waals surface area contributed by atoms with E-state index in [1.165, 1.54) is 0 Å². The summed E-state index contributed by atoms with van der Waals surface area (Å²) in [6, 6.07) is 0.384. The smallest absolute Gasteiger partial charge is 1.00 e. The molecular formula is C4H13BaN. The maximum Gasteiger partial charge on any atom is 2.00 e. The van der Waals surface area contributed by atoms with Gasteiger partial charge < -0.3 is 8.59 Å². The summed E-state index contributed by atoms with van der Waals surface area (Å²) in [4.78, 5) is 0. The molecule has 0 heterocycles. The molecular weight excluding hydrogens is 199 g/mol. The van der Waals surface area contributed by atoms with E-state index in [-0.39, 0.29) is 51.7 Å². The van der Waals surface area contributed by atoms with Crippen molar-refractivity contribution >= 4 is 48.9 Å². The van der Waals surface area contributed by atoms with Gasteiger partial charge in [-0.25, -0.2) is 0 Å². The molecule has 36 valence electrons. The van der Waals surface area contributed by atoms with Gasteiger partial charge in [0.25, 0.3) is 0 Å². The van der Waals surface area contributed by atoms with Crippen LogP contribution in [0.15, 0.2) is 0 Å². The molecule has 1 nitrogen and oxygen atoms in total. The Morgan fingerprint density at radius 1 is 1.83 bits per heavy atom. The molecule has 0 rings (SSSR count). The first-order valence-corrected chi connectivity index (χ1v) is 2.03. The van der Waals surface area contributed by atoms with Gasteiger partial charge in [0.15, 0.2) is 0 Å². The fourth-order valence-electron chi connectivity index (χ4n) is 0. The van der Waals surface area contributed by atoms with Crippen molar-refractivity contribution < 1.29 is 2.85 Å². The Kier molecular flexibility index (Phi) is 11.4. The first kappa shape index (κ1) is 10.5. The minimum Gasteiger partial charge on any atom is -1.00 e. The molecule has 0 spiro atoms. The van der Waals surface area contributed by atoms with E-state index in [1.54, 1.807) is 0 Å². The normalized spacial score (nSPS) is 12.5. The predicted octanol–water partition coefficient (Wildman–Crippen LogP) is 0.588.